The summed E-state index contributed by atoms with van der Waals surface area (Å²) in [5.74, 6) is 0.149. The molecule has 0 aliphatic carbocycles. The van der Waals surface area contributed by atoms with Crippen LogP contribution in [0.25, 0.3) is 0 Å². The second-order valence-electron chi connectivity index (χ2n) is 2.58. The van der Waals surface area contributed by atoms with E-state index in [2.05, 4.69) is 16.2 Å². The lowest BCUT2D eigenvalue weighted by molar-refractivity contribution is 0.446. The molecular formula is C8H9N5. The zero-order valence-electron chi connectivity index (χ0n) is 7.30. The summed E-state index contributed by atoms with van der Waals surface area (Å²) in [6, 6.07) is 3.94. The highest BCUT2D eigenvalue weighted by atomic mass is 15.3. The summed E-state index contributed by atoms with van der Waals surface area (Å²) in [4.78, 5) is 3.77. The van der Waals surface area contributed by atoms with Gasteiger partial charge in [0, 0.05) is 0 Å². The van der Waals surface area contributed by atoms with Gasteiger partial charge in [-0.25, -0.2) is 9.67 Å². The highest BCUT2D eigenvalue weighted by molar-refractivity contribution is 5.05. The minimum atomic E-state index is 0.0274. The molecule has 0 amide bonds. The molecular weight excluding hydrogens is 166 g/mol. The Hall–Kier alpha value is -1.88. The van der Waals surface area contributed by atoms with Crippen molar-refractivity contribution in [2.24, 2.45) is 0 Å². The maximum atomic E-state index is 8.52. The van der Waals surface area contributed by atoms with E-state index in [0.717, 1.165) is 6.42 Å². The summed E-state index contributed by atoms with van der Waals surface area (Å²) in [6.45, 7) is 1.97. The van der Waals surface area contributed by atoms with E-state index in [-0.39, 0.29) is 11.9 Å². The molecule has 0 N–H and O–H groups in total. The van der Waals surface area contributed by atoms with Gasteiger partial charge in [0.2, 0.25) is 0 Å². The van der Waals surface area contributed by atoms with Gasteiger partial charge in [-0.15, -0.1) is 5.10 Å². The molecule has 13 heavy (non-hydrogen) atoms. The first-order chi connectivity index (χ1) is 6.31. The predicted molar refractivity (Wildman–Crippen MR) is 44.3 cm³/mol. The molecule has 0 aliphatic heterocycles. The normalized spacial score (nSPS) is 11.6. The Balaban J connectivity index is 2.81. The summed E-state index contributed by atoms with van der Waals surface area (Å²) in [5, 5.41) is 20.9. The van der Waals surface area contributed by atoms with Crippen molar-refractivity contribution in [1.29, 1.82) is 10.5 Å². The number of nitrogens with zero attached hydrogens (tertiary/aromatic N) is 5. The van der Waals surface area contributed by atoms with Crippen LogP contribution in [0.3, 0.4) is 0 Å². The van der Waals surface area contributed by atoms with Crippen molar-refractivity contribution in [1.82, 2.24) is 14.8 Å². The van der Waals surface area contributed by atoms with Gasteiger partial charge in [-0.05, 0) is 6.42 Å². The summed E-state index contributed by atoms with van der Waals surface area (Å²) in [7, 11) is 0. The molecule has 5 heteroatoms. The van der Waals surface area contributed by atoms with Crippen molar-refractivity contribution >= 4 is 0 Å². The molecule has 1 rings (SSSR count). The highest BCUT2D eigenvalue weighted by Crippen LogP contribution is 2.12. The lowest BCUT2D eigenvalue weighted by Crippen LogP contribution is -2.08. The van der Waals surface area contributed by atoms with Crippen molar-refractivity contribution in [2.75, 3.05) is 0 Å². The van der Waals surface area contributed by atoms with Gasteiger partial charge in [-0.1, -0.05) is 6.92 Å². The minimum absolute atomic E-state index is 0.0274. The van der Waals surface area contributed by atoms with Crippen LogP contribution in [0.15, 0.2) is 6.33 Å². The van der Waals surface area contributed by atoms with Crippen LogP contribution in [0.2, 0.25) is 0 Å². The van der Waals surface area contributed by atoms with Crippen molar-refractivity contribution < 1.29 is 0 Å². The molecule has 0 saturated carbocycles. The van der Waals surface area contributed by atoms with Crippen LogP contribution in [0.5, 0.6) is 0 Å². The van der Waals surface area contributed by atoms with Gasteiger partial charge < -0.3 is 0 Å². The topological polar surface area (TPSA) is 78.3 Å². The second-order valence-corrected chi connectivity index (χ2v) is 2.58. The van der Waals surface area contributed by atoms with E-state index >= 15 is 0 Å². The fourth-order valence-electron chi connectivity index (χ4n) is 1.03. The molecule has 0 radical (unpaired) electrons. The summed E-state index contributed by atoms with van der Waals surface area (Å²) < 4.78 is 1.57. The smallest absolute Gasteiger partial charge is 0.248 e. The van der Waals surface area contributed by atoms with E-state index in [1.54, 1.807) is 4.68 Å². The molecule has 1 unspecified atom stereocenters. The Morgan fingerprint density at radius 2 is 2.38 bits per heavy atom. The van der Waals surface area contributed by atoms with Gasteiger partial charge in [0.1, 0.15) is 12.4 Å². The fourth-order valence-corrected chi connectivity index (χ4v) is 1.03. The molecule has 0 saturated heterocycles. The lowest BCUT2D eigenvalue weighted by atomic mass is 10.2. The van der Waals surface area contributed by atoms with E-state index in [4.69, 9.17) is 10.5 Å². The summed E-state index contributed by atoms with van der Waals surface area (Å²) in [5.41, 5.74) is 0. The molecule has 0 bridgehead atoms. The minimum Gasteiger partial charge on any atom is -0.248 e. The van der Waals surface area contributed by atoms with Crippen LogP contribution in [0, 0.1) is 22.7 Å². The van der Waals surface area contributed by atoms with Crippen LogP contribution < -0.4 is 0 Å². The quantitative estimate of drug-likeness (QED) is 0.686. The molecule has 66 valence electrons. The Bertz CT molecular complexity index is 353. The van der Waals surface area contributed by atoms with Crippen molar-refractivity contribution in [3.8, 4) is 12.1 Å². The molecule has 0 aliphatic rings. The van der Waals surface area contributed by atoms with Crippen molar-refractivity contribution in [3.05, 3.63) is 12.2 Å². The van der Waals surface area contributed by atoms with Crippen molar-refractivity contribution in [3.63, 3.8) is 0 Å². The van der Waals surface area contributed by atoms with Gasteiger partial charge in [0.25, 0.3) is 5.82 Å². The van der Waals surface area contributed by atoms with Crippen LogP contribution in [-0.4, -0.2) is 14.8 Å². The number of nitriles is 2. The number of rotatable bonds is 3. The lowest BCUT2D eigenvalue weighted by Gasteiger charge is -2.09. The Labute approximate surface area is 76.2 Å². The van der Waals surface area contributed by atoms with Gasteiger partial charge in [0.05, 0.1) is 18.5 Å². The van der Waals surface area contributed by atoms with Crippen molar-refractivity contribution in [2.45, 2.75) is 25.8 Å². The maximum Gasteiger partial charge on any atom is 0.252 e. The standard InChI is InChI=1S/C8H9N5/c1-2-7(3-4-9)13-6-11-8(5-10)12-13/h6-7H,2-3H2,1H3. The van der Waals surface area contributed by atoms with Gasteiger partial charge in [-0.2, -0.15) is 10.5 Å². The van der Waals surface area contributed by atoms with Gasteiger partial charge >= 0.3 is 0 Å². The molecule has 1 aromatic rings. The van der Waals surface area contributed by atoms with E-state index in [0.29, 0.717) is 6.42 Å². The third kappa shape index (κ3) is 2.03. The first-order valence-corrected chi connectivity index (χ1v) is 4.00. The van der Waals surface area contributed by atoms with E-state index < -0.39 is 0 Å². The Kier molecular flexibility index (Phi) is 2.99. The molecule has 1 atom stereocenters. The zero-order chi connectivity index (χ0) is 9.68. The SMILES string of the molecule is CCC(CC#N)n1cnc(C#N)n1. The summed E-state index contributed by atoms with van der Waals surface area (Å²) in [6.07, 6.45) is 2.69. The Morgan fingerprint density at radius 3 is 2.85 bits per heavy atom. The average molecular weight is 175 g/mol. The largest absolute Gasteiger partial charge is 0.252 e. The van der Waals surface area contributed by atoms with E-state index in [9.17, 15) is 0 Å². The number of aromatic nitrogens is 3. The first kappa shape index (κ1) is 9.21. The van der Waals surface area contributed by atoms with Crippen LogP contribution >= 0.6 is 0 Å². The summed E-state index contributed by atoms with van der Waals surface area (Å²) >= 11 is 0. The zero-order valence-corrected chi connectivity index (χ0v) is 7.30. The molecule has 0 aromatic carbocycles. The van der Waals surface area contributed by atoms with E-state index in [1.165, 1.54) is 6.33 Å². The number of hydrogen-bond donors (Lipinski definition) is 0. The first-order valence-electron chi connectivity index (χ1n) is 4.00. The predicted octanol–water partition coefficient (Wildman–Crippen LogP) is 1.01. The Morgan fingerprint density at radius 1 is 1.62 bits per heavy atom. The van der Waals surface area contributed by atoms with Crippen LogP contribution in [-0.2, 0) is 0 Å². The monoisotopic (exact) mass is 175 g/mol. The van der Waals surface area contributed by atoms with E-state index in [1.807, 2.05) is 13.0 Å². The van der Waals surface area contributed by atoms with Gasteiger partial charge in [-0.3, -0.25) is 0 Å². The molecule has 0 fully saturated rings. The third-order valence-corrected chi connectivity index (χ3v) is 1.78. The van der Waals surface area contributed by atoms with Crippen LogP contribution in [0.4, 0.5) is 0 Å². The van der Waals surface area contributed by atoms with Crippen LogP contribution in [0.1, 0.15) is 31.6 Å². The fraction of sp³-hybridized carbons (Fsp3) is 0.500. The third-order valence-electron chi connectivity index (χ3n) is 1.78. The molecule has 5 nitrogen and oxygen atoms in total. The molecule has 1 heterocycles. The van der Waals surface area contributed by atoms with Gasteiger partial charge in [0.15, 0.2) is 0 Å². The molecule has 0 spiro atoms. The second kappa shape index (κ2) is 4.22. The highest BCUT2D eigenvalue weighted by Gasteiger charge is 2.09. The average Bonchev–Trinajstić information content (AvgIpc) is 2.62. The molecule has 1 aromatic heterocycles. The maximum absolute atomic E-state index is 8.52. The number of hydrogen-bond acceptors (Lipinski definition) is 4.